The van der Waals surface area contributed by atoms with Crippen LogP contribution in [0.15, 0.2) is 20.0 Å². The van der Waals surface area contributed by atoms with E-state index in [1.54, 1.807) is 0 Å². The van der Waals surface area contributed by atoms with Gasteiger partial charge in [-0.25, -0.2) is 13.1 Å². The summed E-state index contributed by atoms with van der Waals surface area (Å²) in [7, 11) is -3.62. The van der Waals surface area contributed by atoms with Crippen molar-refractivity contribution in [3.05, 3.63) is 16.5 Å². The smallest absolute Gasteiger partial charge is 0.245 e. The van der Waals surface area contributed by atoms with Crippen LogP contribution in [0.3, 0.4) is 0 Å². The van der Waals surface area contributed by atoms with E-state index in [0.29, 0.717) is 5.92 Å². The molecule has 5 nitrogen and oxygen atoms in total. The fourth-order valence-corrected chi connectivity index (χ4v) is 4.83. The van der Waals surface area contributed by atoms with Crippen molar-refractivity contribution < 1.29 is 17.9 Å². The molecule has 0 aliphatic heterocycles. The number of furan rings is 1. The summed E-state index contributed by atoms with van der Waals surface area (Å²) >= 11 is 3.07. The zero-order chi connectivity index (χ0) is 14.0. The van der Waals surface area contributed by atoms with E-state index in [1.165, 1.54) is 18.9 Å². The van der Waals surface area contributed by atoms with Gasteiger partial charge in [0.2, 0.25) is 10.0 Å². The molecule has 1 atom stereocenters. The predicted octanol–water partition coefficient (Wildman–Crippen LogP) is 2.39. The first-order chi connectivity index (χ1) is 8.94. The lowest BCUT2D eigenvalue weighted by atomic mass is 10.0. The maximum absolute atomic E-state index is 12.3. The number of halogens is 1. The first-order valence-electron chi connectivity index (χ1n) is 6.35. The van der Waals surface area contributed by atoms with Crippen molar-refractivity contribution in [3.8, 4) is 0 Å². The van der Waals surface area contributed by atoms with Gasteiger partial charge in [0.15, 0.2) is 4.67 Å². The molecule has 1 aliphatic carbocycles. The quantitative estimate of drug-likeness (QED) is 0.853. The molecule has 1 unspecified atom stereocenters. The average Bonchev–Trinajstić information content (AvgIpc) is 2.96. The van der Waals surface area contributed by atoms with E-state index in [0.717, 1.165) is 12.8 Å². The molecule has 19 heavy (non-hydrogen) atoms. The molecule has 0 amide bonds. The lowest BCUT2D eigenvalue weighted by Gasteiger charge is -2.19. The number of aliphatic hydroxyl groups is 1. The Kier molecular flexibility index (Phi) is 4.70. The third-order valence-electron chi connectivity index (χ3n) is 3.60. The number of rotatable bonds is 5. The Morgan fingerprint density at radius 1 is 1.53 bits per heavy atom. The van der Waals surface area contributed by atoms with E-state index in [2.05, 4.69) is 20.7 Å². The molecule has 108 valence electrons. The molecule has 2 N–H and O–H groups in total. The van der Waals surface area contributed by atoms with Gasteiger partial charge in [-0.05, 0) is 41.6 Å². The highest BCUT2D eigenvalue weighted by atomic mass is 79.9. The number of nitrogens with one attached hydrogen (secondary N) is 1. The molecule has 1 aromatic rings. The minimum Gasteiger partial charge on any atom is -0.450 e. The summed E-state index contributed by atoms with van der Waals surface area (Å²) in [5.41, 5.74) is 0. The van der Waals surface area contributed by atoms with Crippen LogP contribution in [0.4, 0.5) is 0 Å². The van der Waals surface area contributed by atoms with E-state index in [9.17, 15) is 8.42 Å². The first kappa shape index (κ1) is 15.0. The molecule has 0 bridgehead atoms. The zero-order valence-electron chi connectivity index (χ0n) is 10.7. The number of hydrogen-bond donors (Lipinski definition) is 2. The van der Waals surface area contributed by atoms with E-state index in [1.807, 2.05) is 6.92 Å². The van der Waals surface area contributed by atoms with Crippen molar-refractivity contribution in [3.63, 3.8) is 0 Å². The number of hydrogen-bond acceptors (Lipinski definition) is 4. The average molecular weight is 352 g/mol. The normalized spacial score (nSPS) is 18.9. The molecule has 0 radical (unpaired) electrons. The topological polar surface area (TPSA) is 79.5 Å². The largest absolute Gasteiger partial charge is 0.450 e. The van der Waals surface area contributed by atoms with Crippen LogP contribution >= 0.6 is 15.9 Å². The number of aliphatic hydroxyl groups excluding tert-OH is 1. The minimum absolute atomic E-state index is 0.0430. The van der Waals surface area contributed by atoms with Gasteiger partial charge in [-0.1, -0.05) is 12.8 Å². The molecule has 1 aromatic heterocycles. The Balaban J connectivity index is 2.14. The molecule has 0 aromatic carbocycles. The minimum atomic E-state index is -3.62. The van der Waals surface area contributed by atoms with Crippen molar-refractivity contribution >= 4 is 26.0 Å². The fourth-order valence-electron chi connectivity index (χ4n) is 2.52. The Hall–Kier alpha value is -0.370. The highest BCUT2D eigenvalue weighted by Crippen LogP contribution is 2.30. The molecule has 1 saturated carbocycles. The van der Waals surface area contributed by atoms with Crippen molar-refractivity contribution in [2.45, 2.75) is 50.2 Å². The number of sulfonamides is 1. The molecule has 1 aliphatic rings. The monoisotopic (exact) mass is 351 g/mol. The maximum atomic E-state index is 12.3. The van der Waals surface area contributed by atoms with E-state index in [4.69, 9.17) is 9.52 Å². The van der Waals surface area contributed by atoms with Crippen LogP contribution in [0.1, 0.15) is 38.4 Å². The highest BCUT2D eigenvalue weighted by molar-refractivity contribution is 9.10. The van der Waals surface area contributed by atoms with Crippen LogP contribution in [0, 0.1) is 5.92 Å². The summed E-state index contributed by atoms with van der Waals surface area (Å²) in [5, 5.41) is 8.97. The first-order valence-corrected chi connectivity index (χ1v) is 8.63. The summed E-state index contributed by atoms with van der Waals surface area (Å²) < 4.78 is 32.5. The van der Waals surface area contributed by atoms with Crippen LogP contribution in [0.2, 0.25) is 0 Å². The molecule has 2 rings (SSSR count). The molecule has 1 heterocycles. The Morgan fingerprint density at radius 2 is 2.16 bits per heavy atom. The fraction of sp³-hybridized carbons (Fsp3) is 0.667. The van der Waals surface area contributed by atoms with Gasteiger partial charge in [-0.2, -0.15) is 0 Å². The second-order valence-corrected chi connectivity index (χ2v) is 7.37. The van der Waals surface area contributed by atoms with Gasteiger partial charge >= 0.3 is 0 Å². The SMILES string of the molecule is CC(NS(=O)(=O)c1cc(CO)oc1Br)C1CCCC1. The highest BCUT2D eigenvalue weighted by Gasteiger charge is 2.28. The van der Waals surface area contributed by atoms with Crippen LogP contribution in [-0.4, -0.2) is 19.6 Å². The van der Waals surface area contributed by atoms with E-state index < -0.39 is 10.0 Å². The van der Waals surface area contributed by atoms with Gasteiger partial charge in [0.25, 0.3) is 0 Å². The van der Waals surface area contributed by atoms with Crippen LogP contribution < -0.4 is 4.72 Å². The predicted molar refractivity (Wildman–Crippen MR) is 74.1 cm³/mol. The van der Waals surface area contributed by atoms with Gasteiger partial charge in [-0.3, -0.25) is 0 Å². The molecule has 7 heteroatoms. The van der Waals surface area contributed by atoms with Crippen LogP contribution in [0.25, 0.3) is 0 Å². The molecule has 1 fully saturated rings. The van der Waals surface area contributed by atoms with Gasteiger partial charge in [0.1, 0.15) is 17.3 Å². The van der Waals surface area contributed by atoms with Crippen molar-refractivity contribution in [2.75, 3.05) is 0 Å². The molecule has 0 saturated heterocycles. The van der Waals surface area contributed by atoms with Crippen molar-refractivity contribution in [1.82, 2.24) is 4.72 Å². The van der Waals surface area contributed by atoms with Gasteiger partial charge < -0.3 is 9.52 Å². The van der Waals surface area contributed by atoms with Gasteiger partial charge in [0.05, 0.1) is 0 Å². The summed E-state index contributed by atoms with van der Waals surface area (Å²) in [5.74, 6) is 0.624. The van der Waals surface area contributed by atoms with Crippen LogP contribution in [-0.2, 0) is 16.6 Å². The summed E-state index contributed by atoms with van der Waals surface area (Å²) in [4.78, 5) is 0.0430. The molecule has 0 spiro atoms. The zero-order valence-corrected chi connectivity index (χ0v) is 13.1. The summed E-state index contributed by atoms with van der Waals surface area (Å²) in [6.07, 6.45) is 4.47. The second kappa shape index (κ2) is 5.95. The maximum Gasteiger partial charge on any atom is 0.245 e. The van der Waals surface area contributed by atoms with E-state index >= 15 is 0 Å². The third-order valence-corrected chi connectivity index (χ3v) is 6.02. The van der Waals surface area contributed by atoms with Gasteiger partial charge in [0, 0.05) is 12.1 Å². The standard InChI is InChI=1S/C12H18BrNO4S/c1-8(9-4-2-3-5-9)14-19(16,17)11-6-10(7-15)18-12(11)13/h6,8-9,14-15H,2-5,7H2,1H3. The third kappa shape index (κ3) is 3.39. The molecular weight excluding hydrogens is 334 g/mol. The Labute approximate surface area is 121 Å². The summed E-state index contributed by atoms with van der Waals surface area (Å²) in [6, 6.07) is 1.25. The molecular formula is C12H18BrNO4S. The lowest BCUT2D eigenvalue weighted by molar-refractivity contribution is 0.245. The second-order valence-electron chi connectivity index (χ2n) is 4.96. The van der Waals surface area contributed by atoms with Crippen molar-refractivity contribution in [1.29, 1.82) is 0 Å². The van der Waals surface area contributed by atoms with Gasteiger partial charge in [-0.15, -0.1) is 0 Å². The van der Waals surface area contributed by atoms with Crippen LogP contribution in [0.5, 0.6) is 0 Å². The Bertz CT molecular complexity index is 534. The Morgan fingerprint density at radius 3 is 2.68 bits per heavy atom. The van der Waals surface area contributed by atoms with Crippen molar-refractivity contribution in [2.24, 2.45) is 5.92 Å². The summed E-state index contributed by atoms with van der Waals surface area (Å²) in [6.45, 7) is 1.57. The lowest BCUT2D eigenvalue weighted by Crippen LogP contribution is -2.37. The van der Waals surface area contributed by atoms with E-state index in [-0.39, 0.29) is 28.0 Å².